The fraction of sp³-hybridized carbons (Fsp3) is 0.474. The summed E-state index contributed by atoms with van der Waals surface area (Å²) in [6.07, 6.45) is 2.16. The molecule has 1 aliphatic rings. The second kappa shape index (κ2) is 8.12. The van der Waals surface area contributed by atoms with E-state index in [0.717, 1.165) is 12.1 Å². The zero-order valence-corrected chi connectivity index (χ0v) is 15.1. The average molecular weight is 356 g/mol. The zero-order chi connectivity index (χ0) is 18.5. The largest absolute Gasteiger partial charge is 0.339 e. The molecular weight excluding hydrogens is 332 g/mol. The van der Waals surface area contributed by atoms with Crippen LogP contribution in [0.25, 0.3) is 0 Å². The summed E-state index contributed by atoms with van der Waals surface area (Å²) in [6, 6.07) is 8.87. The molecule has 2 aromatic rings. The summed E-state index contributed by atoms with van der Waals surface area (Å²) in [5, 5.41) is 6.79. The number of rotatable bonds is 6. The van der Waals surface area contributed by atoms with E-state index in [4.69, 9.17) is 4.52 Å². The van der Waals surface area contributed by atoms with E-state index in [9.17, 15) is 9.59 Å². The molecule has 1 aromatic heterocycles. The standard InChI is InChI=1S/C19H24N4O3/c1-13(2)18-21-16(26-22-18)10-11-17(24)23-12-6-9-15(23)19(25)20-14-7-4-3-5-8-14/h3-5,7-8,13,15H,6,9-12H2,1-2H3,(H,20,25)/t15-/m0/s1. The van der Waals surface area contributed by atoms with Crippen LogP contribution in [0, 0.1) is 0 Å². The van der Waals surface area contributed by atoms with E-state index in [0.29, 0.717) is 31.1 Å². The molecule has 26 heavy (non-hydrogen) atoms. The molecule has 1 fully saturated rings. The molecule has 138 valence electrons. The number of aryl methyl sites for hydroxylation is 1. The first kappa shape index (κ1) is 18.1. The Bertz CT molecular complexity index is 757. The van der Waals surface area contributed by atoms with Crippen LogP contribution in [-0.2, 0) is 16.0 Å². The van der Waals surface area contributed by atoms with Gasteiger partial charge < -0.3 is 14.7 Å². The molecule has 0 bridgehead atoms. The van der Waals surface area contributed by atoms with Crippen molar-refractivity contribution in [3.8, 4) is 0 Å². The van der Waals surface area contributed by atoms with Crippen molar-refractivity contribution >= 4 is 17.5 Å². The highest BCUT2D eigenvalue weighted by molar-refractivity contribution is 5.97. The van der Waals surface area contributed by atoms with Gasteiger partial charge in [-0.15, -0.1) is 0 Å². The fourth-order valence-electron chi connectivity index (χ4n) is 3.05. The van der Waals surface area contributed by atoms with Crippen LogP contribution >= 0.6 is 0 Å². The lowest BCUT2D eigenvalue weighted by molar-refractivity contribution is -0.136. The number of hydrogen-bond acceptors (Lipinski definition) is 5. The molecule has 1 N–H and O–H groups in total. The molecule has 0 saturated carbocycles. The van der Waals surface area contributed by atoms with Gasteiger partial charge in [0.25, 0.3) is 0 Å². The van der Waals surface area contributed by atoms with Gasteiger partial charge >= 0.3 is 0 Å². The molecule has 7 heteroatoms. The van der Waals surface area contributed by atoms with Crippen LogP contribution in [0.1, 0.15) is 50.7 Å². The Morgan fingerprint density at radius 3 is 2.77 bits per heavy atom. The van der Waals surface area contributed by atoms with Gasteiger partial charge in [0, 0.05) is 31.0 Å². The predicted octanol–water partition coefficient (Wildman–Crippen LogP) is 2.76. The lowest BCUT2D eigenvalue weighted by Gasteiger charge is -2.23. The minimum Gasteiger partial charge on any atom is -0.339 e. The number of aromatic nitrogens is 2. The molecular formula is C19H24N4O3. The number of carbonyl (C=O) groups excluding carboxylic acids is 2. The number of amides is 2. The van der Waals surface area contributed by atoms with E-state index in [1.807, 2.05) is 44.2 Å². The molecule has 0 radical (unpaired) electrons. The van der Waals surface area contributed by atoms with Crippen LogP contribution in [0.5, 0.6) is 0 Å². The smallest absolute Gasteiger partial charge is 0.247 e. The van der Waals surface area contributed by atoms with Crippen LogP contribution in [0.3, 0.4) is 0 Å². The van der Waals surface area contributed by atoms with Gasteiger partial charge in [-0.25, -0.2) is 0 Å². The first-order valence-corrected chi connectivity index (χ1v) is 9.02. The van der Waals surface area contributed by atoms with Crippen LogP contribution in [0.4, 0.5) is 5.69 Å². The van der Waals surface area contributed by atoms with Crippen LogP contribution < -0.4 is 5.32 Å². The molecule has 2 heterocycles. The van der Waals surface area contributed by atoms with E-state index in [2.05, 4.69) is 15.5 Å². The average Bonchev–Trinajstić information content (AvgIpc) is 3.30. The van der Waals surface area contributed by atoms with Gasteiger partial charge in [-0.2, -0.15) is 4.98 Å². The summed E-state index contributed by atoms with van der Waals surface area (Å²) in [6.45, 7) is 4.58. The van der Waals surface area contributed by atoms with Crippen molar-refractivity contribution in [3.63, 3.8) is 0 Å². The molecule has 1 atom stereocenters. The molecule has 0 unspecified atom stereocenters. The van der Waals surface area contributed by atoms with E-state index in [-0.39, 0.29) is 24.2 Å². The number of carbonyl (C=O) groups is 2. The van der Waals surface area contributed by atoms with Crippen molar-refractivity contribution in [2.45, 2.75) is 51.5 Å². The number of para-hydroxylation sites is 1. The summed E-state index contributed by atoms with van der Waals surface area (Å²) in [7, 11) is 0. The molecule has 3 rings (SSSR count). The maximum absolute atomic E-state index is 12.6. The highest BCUT2D eigenvalue weighted by Gasteiger charge is 2.33. The Kier molecular flexibility index (Phi) is 5.65. The molecule has 0 spiro atoms. The SMILES string of the molecule is CC(C)c1noc(CCC(=O)N2CCC[C@H]2C(=O)Nc2ccccc2)n1. The van der Waals surface area contributed by atoms with Gasteiger partial charge in [-0.05, 0) is 25.0 Å². The normalized spacial score (nSPS) is 16.9. The Morgan fingerprint density at radius 2 is 2.08 bits per heavy atom. The lowest BCUT2D eigenvalue weighted by atomic mass is 10.2. The van der Waals surface area contributed by atoms with Crippen molar-refractivity contribution in [1.29, 1.82) is 0 Å². The van der Waals surface area contributed by atoms with Crippen molar-refractivity contribution in [2.24, 2.45) is 0 Å². The maximum Gasteiger partial charge on any atom is 0.247 e. The van der Waals surface area contributed by atoms with Gasteiger partial charge in [-0.1, -0.05) is 37.2 Å². The van der Waals surface area contributed by atoms with E-state index in [1.54, 1.807) is 4.90 Å². The summed E-state index contributed by atoms with van der Waals surface area (Å²) >= 11 is 0. The van der Waals surface area contributed by atoms with Gasteiger partial charge in [0.15, 0.2) is 5.82 Å². The quantitative estimate of drug-likeness (QED) is 0.860. The van der Waals surface area contributed by atoms with Crippen molar-refractivity contribution < 1.29 is 14.1 Å². The van der Waals surface area contributed by atoms with Crippen molar-refractivity contribution in [1.82, 2.24) is 15.0 Å². The number of nitrogens with one attached hydrogen (secondary N) is 1. The van der Waals surface area contributed by atoms with Gasteiger partial charge in [0.05, 0.1) is 0 Å². The monoisotopic (exact) mass is 356 g/mol. The van der Waals surface area contributed by atoms with E-state index in [1.165, 1.54) is 0 Å². The van der Waals surface area contributed by atoms with Crippen molar-refractivity contribution in [3.05, 3.63) is 42.0 Å². The first-order chi connectivity index (χ1) is 12.5. The molecule has 2 amide bonds. The molecule has 0 aliphatic carbocycles. The maximum atomic E-state index is 12.6. The van der Waals surface area contributed by atoms with Crippen LogP contribution in [0.15, 0.2) is 34.9 Å². The highest BCUT2D eigenvalue weighted by Crippen LogP contribution is 2.21. The molecule has 1 aliphatic heterocycles. The number of nitrogens with zero attached hydrogens (tertiary/aromatic N) is 3. The van der Waals surface area contributed by atoms with Gasteiger partial charge in [0.1, 0.15) is 6.04 Å². The third-order valence-electron chi connectivity index (χ3n) is 4.47. The minimum atomic E-state index is -0.420. The number of hydrogen-bond donors (Lipinski definition) is 1. The molecule has 7 nitrogen and oxygen atoms in total. The van der Waals surface area contributed by atoms with E-state index < -0.39 is 6.04 Å². The Hall–Kier alpha value is -2.70. The number of anilines is 1. The van der Waals surface area contributed by atoms with Gasteiger partial charge in [0.2, 0.25) is 17.7 Å². The summed E-state index contributed by atoms with van der Waals surface area (Å²) in [5.41, 5.74) is 0.740. The van der Waals surface area contributed by atoms with Gasteiger partial charge in [-0.3, -0.25) is 9.59 Å². The third kappa shape index (κ3) is 4.28. The number of benzene rings is 1. The fourth-order valence-corrected chi connectivity index (χ4v) is 3.05. The third-order valence-corrected chi connectivity index (χ3v) is 4.47. The van der Waals surface area contributed by atoms with E-state index >= 15 is 0 Å². The first-order valence-electron chi connectivity index (χ1n) is 9.02. The minimum absolute atomic E-state index is 0.0555. The second-order valence-corrected chi connectivity index (χ2v) is 6.80. The Labute approximate surface area is 152 Å². The predicted molar refractivity (Wildman–Crippen MR) is 96.5 cm³/mol. The Balaban J connectivity index is 1.56. The Morgan fingerprint density at radius 1 is 1.31 bits per heavy atom. The van der Waals surface area contributed by atoms with Crippen LogP contribution in [-0.4, -0.2) is 39.4 Å². The van der Waals surface area contributed by atoms with Crippen molar-refractivity contribution in [2.75, 3.05) is 11.9 Å². The summed E-state index contributed by atoms with van der Waals surface area (Å²) in [4.78, 5) is 31.1. The second-order valence-electron chi connectivity index (χ2n) is 6.80. The topological polar surface area (TPSA) is 88.3 Å². The molecule has 1 saturated heterocycles. The highest BCUT2D eigenvalue weighted by atomic mass is 16.5. The molecule has 1 aromatic carbocycles. The van der Waals surface area contributed by atoms with Crippen LogP contribution in [0.2, 0.25) is 0 Å². The summed E-state index contributed by atoms with van der Waals surface area (Å²) in [5.74, 6) is 1.11. The zero-order valence-electron chi connectivity index (χ0n) is 15.1. The number of likely N-dealkylation sites (tertiary alicyclic amines) is 1. The lowest BCUT2D eigenvalue weighted by Crippen LogP contribution is -2.43. The summed E-state index contributed by atoms with van der Waals surface area (Å²) < 4.78 is 5.18.